The highest BCUT2D eigenvalue weighted by molar-refractivity contribution is 5.55. The Balaban J connectivity index is 1.86. The standard InChI is InChI=1S/C17H21N3/c1-18-17-12-14(9-10-19-17)13-20-11-5-4-7-15-6-2-3-8-16(15)20/h2-3,6,8-10,12H,4-5,7,11,13H2,1H3,(H,18,19). The Labute approximate surface area is 120 Å². The monoisotopic (exact) mass is 267 g/mol. The van der Waals surface area contributed by atoms with E-state index in [-0.39, 0.29) is 0 Å². The van der Waals surface area contributed by atoms with Gasteiger partial charge in [0.25, 0.3) is 0 Å². The minimum atomic E-state index is 0.936. The van der Waals surface area contributed by atoms with Crippen LogP contribution < -0.4 is 10.2 Å². The number of aromatic nitrogens is 1. The zero-order chi connectivity index (χ0) is 13.8. The first-order valence-corrected chi connectivity index (χ1v) is 7.32. The van der Waals surface area contributed by atoms with Gasteiger partial charge in [0.1, 0.15) is 5.82 Å². The number of pyridine rings is 1. The Hall–Kier alpha value is -2.03. The summed E-state index contributed by atoms with van der Waals surface area (Å²) >= 11 is 0. The van der Waals surface area contributed by atoms with Gasteiger partial charge in [-0.05, 0) is 48.6 Å². The first-order valence-electron chi connectivity index (χ1n) is 7.32. The minimum absolute atomic E-state index is 0.936. The van der Waals surface area contributed by atoms with Crippen LogP contribution in [-0.4, -0.2) is 18.6 Å². The average Bonchev–Trinajstić information content (AvgIpc) is 2.70. The number of benzene rings is 1. The van der Waals surface area contributed by atoms with E-state index in [1.54, 1.807) is 0 Å². The van der Waals surface area contributed by atoms with Gasteiger partial charge in [-0.15, -0.1) is 0 Å². The fraction of sp³-hybridized carbons (Fsp3) is 0.353. The molecular weight excluding hydrogens is 246 g/mol. The second-order valence-electron chi connectivity index (χ2n) is 5.31. The van der Waals surface area contributed by atoms with Crippen molar-refractivity contribution < 1.29 is 0 Å². The molecule has 3 rings (SSSR count). The van der Waals surface area contributed by atoms with Crippen molar-refractivity contribution in [2.45, 2.75) is 25.8 Å². The van der Waals surface area contributed by atoms with Crippen molar-refractivity contribution in [1.82, 2.24) is 4.98 Å². The van der Waals surface area contributed by atoms with E-state index in [1.807, 2.05) is 13.2 Å². The Morgan fingerprint density at radius 1 is 1.20 bits per heavy atom. The van der Waals surface area contributed by atoms with E-state index >= 15 is 0 Å². The molecule has 0 saturated carbocycles. The van der Waals surface area contributed by atoms with Gasteiger partial charge < -0.3 is 10.2 Å². The third-order valence-electron chi connectivity index (χ3n) is 3.91. The molecule has 2 heterocycles. The molecule has 2 aromatic rings. The second kappa shape index (κ2) is 5.95. The molecule has 1 aromatic carbocycles. The largest absolute Gasteiger partial charge is 0.373 e. The van der Waals surface area contributed by atoms with Crippen LogP contribution in [0.2, 0.25) is 0 Å². The molecule has 0 atom stereocenters. The molecule has 104 valence electrons. The van der Waals surface area contributed by atoms with Gasteiger partial charge in [-0.25, -0.2) is 4.98 Å². The molecule has 20 heavy (non-hydrogen) atoms. The lowest BCUT2D eigenvalue weighted by Gasteiger charge is -2.25. The van der Waals surface area contributed by atoms with Crippen LogP contribution in [0.25, 0.3) is 0 Å². The number of hydrogen-bond donors (Lipinski definition) is 1. The van der Waals surface area contributed by atoms with E-state index in [2.05, 4.69) is 51.6 Å². The van der Waals surface area contributed by atoms with Crippen LogP contribution in [-0.2, 0) is 13.0 Å². The summed E-state index contributed by atoms with van der Waals surface area (Å²) in [6, 6.07) is 13.0. The molecular formula is C17H21N3. The van der Waals surface area contributed by atoms with Crippen LogP contribution in [0.1, 0.15) is 24.0 Å². The normalized spacial score (nSPS) is 14.6. The lowest BCUT2D eigenvalue weighted by atomic mass is 10.1. The van der Waals surface area contributed by atoms with E-state index < -0.39 is 0 Å². The summed E-state index contributed by atoms with van der Waals surface area (Å²) in [6.45, 7) is 2.09. The van der Waals surface area contributed by atoms with Crippen molar-refractivity contribution in [3.8, 4) is 0 Å². The van der Waals surface area contributed by atoms with Crippen LogP contribution in [0.3, 0.4) is 0 Å². The molecule has 1 aliphatic heterocycles. The zero-order valence-electron chi connectivity index (χ0n) is 12.0. The Morgan fingerprint density at radius 2 is 2.10 bits per heavy atom. The van der Waals surface area contributed by atoms with Crippen LogP contribution >= 0.6 is 0 Å². The van der Waals surface area contributed by atoms with Gasteiger partial charge in [-0.2, -0.15) is 0 Å². The van der Waals surface area contributed by atoms with Crippen molar-refractivity contribution in [2.24, 2.45) is 0 Å². The topological polar surface area (TPSA) is 28.2 Å². The first kappa shape index (κ1) is 13.0. The summed E-state index contributed by atoms with van der Waals surface area (Å²) in [4.78, 5) is 6.78. The van der Waals surface area contributed by atoms with Crippen LogP contribution in [0.5, 0.6) is 0 Å². The Kier molecular flexibility index (Phi) is 3.86. The van der Waals surface area contributed by atoms with E-state index in [4.69, 9.17) is 0 Å². The number of nitrogens with one attached hydrogen (secondary N) is 1. The molecule has 3 heteroatoms. The third kappa shape index (κ3) is 2.77. The first-order chi connectivity index (χ1) is 9.86. The highest BCUT2D eigenvalue weighted by Gasteiger charge is 2.15. The number of hydrogen-bond acceptors (Lipinski definition) is 3. The molecule has 0 fully saturated rings. The molecule has 0 radical (unpaired) electrons. The van der Waals surface area contributed by atoms with Gasteiger partial charge in [-0.1, -0.05) is 18.2 Å². The highest BCUT2D eigenvalue weighted by atomic mass is 15.1. The number of fused-ring (bicyclic) bond motifs is 1. The average molecular weight is 267 g/mol. The van der Waals surface area contributed by atoms with Crippen molar-refractivity contribution in [1.29, 1.82) is 0 Å². The van der Waals surface area contributed by atoms with Crippen LogP contribution in [0, 0.1) is 0 Å². The van der Waals surface area contributed by atoms with Crippen molar-refractivity contribution >= 4 is 11.5 Å². The fourth-order valence-corrected chi connectivity index (χ4v) is 2.86. The number of rotatable bonds is 3. The SMILES string of the molecule is CNc1cc(CN2CCCCc3ccccc32)ccn1. The van der Waals surface area contributed by atoms with E-state index in [9.17, 15) is 0 Å². The molecule has 0 aliphatic carbocycles. The maximum absolute atomic E-state index is 4.28. The Bertz CT molecular complexity index is 580. The van der Waals surface area contributed by atoms with Crippen LogP contribution in [0.15, 0.2) is 42.6 Å². The van der Waals surface area contributed by atoms with Gasteiger partial charge >= 0.3 is 0 Å². The summed E-state index contributed by atoms with van der Waals surface area (Å²) in [6.07, 6.45) is 5.62. The summed E-state index contributed by atoms with van der Waals surface area (Å²) in [5.41, 5.74) is 4.18. The predicted octanol–water partition coefficient (Wildman–Crippen LogP) is 3.47. The van der Waals surface area contributed by atoms with Gasteiger partial charge in [0.05, 0.1) is 0 Å². The minimum Gasteiger partial charge on any atom is -0.373 e. The lowest BCUT2D eigenvalue weighted by Crippen LogP contribution is -2.23. The van der Waals surface area contributed by atoms with E-state index in [0.717, 1.165) is 18.9 Å². The van der Waals surface area contributed by atoms with Crippen LogP contribution in [0.4, 0.5) is 11.5 Å². The molecule has 0 unspecified atom stereocenters. The molecule has 0 amide bonds. The van der Waals surface area contributed by atoms with Gasteiger partial charge in [0, 0.05) is 32.0 Å². The maximum atomic E-state index is 4.28. The van der Waals surface area contributed by atoms with Crippen molar-refractivity contribution in [3.63, 3.8) is 0 Å². The highest BCUT2D eigenvalue weighted by Crippen LogP contribution is 2.27. The Morgan fingerprint density at radius 3 is 3.00 bits per heavy atom. The number of aryl methyl sites for hydroxylation is 1. The molecule has 0 spiro atoms. The molecule has 1 N–H and O–H groups in total. The van der Waals surface area contributed by atoms with Gasteiger partial charge in [0.15, 0.2) is 0 Å². The smallest absolute Gasteiger partial charge is 0.125 e. The third-order valence-corrected chi connectivity index (χ3v) is 3.91. The van der Waals surface area contributed by atoms with Gasteiger partial charge in [-0.3, -0.25) is 0 Å². The van der Waals surface area contributed by atoms with Crippen molar-refractivity contribution in [3.05, 3.63) is 53.7 Å². The molecule has 0 saturated heterocycles. The van der Waals surface area contributed by atoms with Gasteiger partial charge in [0.2, 0.25) is 0 Å². The quantitative estimate of drug-likeness (QED) is 0.923. The summed E-state index contributed by atoms with van der Waals surface area (Å²) in [7, 11) is 1.91. The second-order valence-corrected chi connectivity index (χ2v) is 5.31. The molecule has 0 bridgehead atoms. The number of nitrogens with zero attached hydrogens (tertiary/aromatic N) is 2. The predicted molar refractivity (Wildman–Crippen MR) is 84.2 cm³/mol. The molecule has 1 aromatic heterocycles. The molecule has 3 nitrogen and oxygen atoms in total. The summed E-state index contributed by atoms with van der Waals surface area (Å²) < 4.78 is 0. The zero-order valence-corrected chi connectivity index (χ0v) is 12.0. The van der Waals surface area contributed by atoms with E-state index in [1.165, 1.54) is 36.1 Å². The van der Waals surface area contributed by atoms with Crippen molar-refractivity contribution in [2.75, 3.05) is 23.8 Å². The van der Waals surface area contributed by atoms with E-state index in [0.29, 0.717) is 0 Å². The molecule has 1 aliphatic rings. The fourth-order valence-electron chi connectivity index (χ4n) is 2.86. The number of anilines is 2. The lowest BCUT2D eigenvalue weighted by molar-refractivity contribution is 0.714. The summed E-state index contributed by atoms with van der Waals surface area (Å²) in [5, 5.41) is 3.11. The summed E-state index contributed by atoms with van der Waals surface area (Å²) in [5.74, 6) is 0.936. The maximum Gasteiger partial charge on any atom is 0.125 e. The number of para-hydroxylation sites is 1.